The van der Waals surface area contributed by atoms with Crippen LogP contribution in [-0.2, 0) is 27.1 Å². The average Bonchev–Trinajstić information content (AvgIpc) is 3.33. The number of hydrogen-bond acceptors (Lipinski definition) is 8. The van der Waals surface area contributed by atoms with Crippen molar-refractivity contribution in [1.29, 1.82) is 0 Å². The summed E-state index contributed by atoms with van der Waals surface area (Å²) in [4.78, 5) is 27.6. The highest BCUT2D eigenvalue weighted by molar-refractivity contribution is 7.42. The lowest BCUT2D eigenvalue weighted by atomic mass is 10.1. The van der Waals surface area contributed by atoms with Crippen LogP contribution in [0.5, 0.6) is 0 Å². The van der Waals surface area contributed by atoms with E-state index in [4.69, 9.17) is 27.1 Å². The molecule has 0 aliphatic rings. The standard InChI is InChI=1S/C56H104O8P2/c1-5-9-13-17-21-25-29-33-37-43-49-59-65(60-50-44-38-34-30-26-22-18-14-10-6-2)63-55(57)53-47-41-42-48-54(53)56(58)64-66(61-51-45-39-35-31-27-23-19-15-11-7-3)62-52-46-40-36-32-28-24-20-16-12-8-4/h41-42,47-48H,5-40,43-46,49-52H2,1-4H3. The summed E-state index contributed by atoms with van der Waals surface area (Å²) in [7, 11) is -3.86. The van der Waals surface area contributed by atoms with Crippen molar-refractivity contribution in [2.45, 2.75) is 285 Å². The van der Waals surface area contributed by atoms with Gasteiger partial charge in [0.25, 0.3) is 0 Å². The molecule has 0 saturated carbocycles. The van der Waals surface area contributed by atoms with Crippen molar-refractivity contribution >= 4 is 29.1 Å². The number of carbonyl (C=O) groups excluding carboxylic acids is 2. The zero-order valence-corrected chi connectivity index (χ0v) is 45.4. The molecule has 0 unspecified atom stereocenters. The molecule has 0 spiro atoms. The molecule has 66 heavy (non-hydrogen) atoms. The molecule has 0 fully saturated rings. The fourth-order valence-electron chi connectivity index (χ4n) is 8.17. The van der Waals surface area contributed by atoms with Crippen LogP contribution in [0.2, 0.25) is 0 Å². The minimum absolute atomic E-state index is 0.124. The third kappa shape index (κ3) is 39.7. The molecule has 0 N–H and O–H groups in total. The Kier molecular flexibility index (Phi) is 47.9. The first-order valence-electron chi connectivity index (χ1n) is 28.2. The summed E-state index contributed by atoms with van der Waals surface area (Å²) in [5, 5.41) is 0. The lowest BCUT2D eigenvalue weighted by Crippen LogP contribution is -2.13. The lowest BCUT2D eigenvalue weighted by Gasteiger charge is -2.18. The van der Waals surface area contributed by atoms with Crippen molar-refractivity contribution in [1.82, 2.24) is 0 Å². The molecule has 0 aliphatic carbocycles. The quantitative estimate of drug-likeness (QED) is 0.0471. The smallest absolute Gasteiger partial charge is 0.390 e. The van der Waals surface area contributed by atoms with Crippen LogP contribution in [-0.4, -0.2) is 38.4 Å². The first kappa shape index (κ1) is 62.9. The summed E-state index contributed by atoms with van der Waals surface area (Å²) >= 11 is 0. The van der Waals surface area contributed by atoms with Crippen molar-refractivity contribution in [3.63, 3.8) is 0 Å². The predicted octanol–water partition coefficient (Wildman–Crippen LogP) is 20.2. The Hall–Kier alpha value is -1.14. The summed E-state index contributed by atoms with van der Waals surface area (Å²) in [6.45, 7) is 10.9. The van der Waals surface area contributed by atoms with E-state index >= 15 is 0 Å². The van der Waals surface area contributed by atoms with Crippen LogP contribution in [0, 0.1) is 0 Å². The van der Waals surface area contributed by atoms with Gasteiger partial charge < -0.3 is 27.1 Å². The summed E-state index contributed by atoms with van der Waals surface area (Å²) in [5.74, 6) is -1.30. The number of carbonyl (C=O) groups is 2. The van der Waals surface area contributed by atoms with Gasteiger partial charge in [0.2, 0.25) is 0 Å². The lowest BCUT2D eigenvalue weighted by molar-refractivity contribution is 0.0619. The van der Waals surface area contributed by atoms with Gasteiger partial charge >= 0.3 is 29.1 Å². The van der Waals surface area contributed by atoms with Gasteiger partial charge in [-0.3, -0.25) is 0 Å². The fraction of sp³-hybridized carbons (Fsp3) is 0.857. The van der Waals surface area contributed by atoms with Gasteiger partial charge in [-0.2, -0.15) is 0 Å². The third-order valence-electron chi connectivity index (χ3n) is 12.5. The van der Waals surface area contributed by atoms with E-state index in [0.717, 1.165) is 51.4 Å². The van der Waals surface area contributed by atoms with Gasteiger partial charge in [0.15, 0.2) is 0 Å². The second-order valence-electron chi connectivity index (χ2n) is 18.8. The number of unbranched alkanes of at least 4 members (excludes halogenated alkanes) is 36. The molecule has 0 saturated heterocycles. The zero-order chi connectivity index (χ0) is 47.6. The molecule has 1 aromatic rings. The largest absolute Gasteiger partial charge is 0.399 e. The van der Waals surface area contributed by atoms with Crippen LogP contribution < -0.4 is 0 Å². The number of benzene rings is 1. The van der Waals surface area contributed by atoms with E-state index in [-0.39, 0.29) is 11.1 Å². The van der Waals surface area contributed by atoms with Crippen LogP contribution in [0.3, 0.4) is 0 Å². The van der Waals surface area contributed by atoms with Gasteiger partial charge in [-0.25, -0.2) is 9.59 Å². The molecule has 0 aliphatic heterocycles. The van der Waals surface area contributed by atoms with Gasteiger partial charge in [0.05, 0.1) is 37.6 Å². The molecule has 0 radical (unpaired) electrons. The van der Waals surface area contributed by atoms with Gasteiger partial charge in [0, 0.05) is 0 Å². The highest BCUT2D eigenvalue weighted by atomic mass is 31.2. The Morgan fingerprint density at radius 3 is 0.682 bits per heavy atom. The molecule has 0 heterocycles. The molecule has 10 heteroatoms. The Labute approximate surface area is 410 Å². The fourth-order valence-corrected chi connectivity index (χ4v) is 10.1. The van der Waals surface area contributed by atoms with Crippen molar-refractivity contribution in [2.75, 3.05) is 26.4 Å². The highest BCUT2D eigenvalue weighted by Gasteiger charge is 2.27. The SMILES string of the molecule is CCCCCCCCCCCCOP(OCCCCCCCCCCCC)OC(=O)c1ccccc1C(=O)OP(OCCCCCCCCCCCC)OCCCCCCCCCCCC. The van der Waals surface area contributed by atoms with Crippen LogP contribution in [0.4, 0.5) is 0 Å². The average molecular weight is 967 g/mol. The maximum atomic E-state index is 13.8. The molecule has 0 aromatic heterocycles. The molecule has 0 bridgehead atoms. The number of hydrogen-bond donors (Lipinski definition) is 0. The summed E-state index contributed by atoms with van der Waals surface area (Å²) in [6, 6.07) is 6.68. The Bertz CT molecular complexity index is 1050. The molecule has 1 aromatic carbocycles. The van der Waals surface area contributed by atoms with Crippen LogP contribution in [0.25, 0.3) is 0 Å². The Balaban J connectivity index is 2.79. The molecule has 386 valence electrons. The maximum Gasteiger partial charge on any atom is 0.399 e. The van der Waals surface area contributed by atoms with E-state index in [1.165, 1.54) is 205 Å². The molecular formula is C56H104O8P2. The summed E-state index contributed by atoms with van der Waals surface area (Å²) in [6.07, 6.45) is 49.2. The molecule has 0 amide bonds. The van der Waals surface area contributed by atoms with E-state index in [1.807, 2.05) is 0 Å². The van der Waals surface area contributed by atoms with Crippen molar-refractivity contribution in [2.24, 2.45) is 0 Å². The normalized spacial score (nSPS) is 11.6. The van der Waals surface area contributed by atoms with Crippen molar-refractivity contribution < 1.29 is 36.7 Å². The first-order chi connectivity index (χ1) is 32.6. The molecule has 8 nitrogen and oxygen atoms in total. The van der Waals surface area contributed by atoms with Crippen molar-refractivity contribution in [3.05, 3.63) is 35.4 Å². The summed E-state index contributed by atoms with van der Waals surface area (Å²) in [5.41, 5.74) is 0.249. The van der Waals surface area contributed by atoms with E-state index in [0.29, 0.717) is 26.4 Å². The second kappa shape index (κ2) is 50.3. The summed E-state index contributed by atoms with van der Waals surface area (Å²) < 4.78 is 36.3. The van der Waals surface area contributed by atoms with Gasteiger partial charge in [-0.05, 0) is 37.8 Å². The first-order valence-corrected chi connectivity index (χ1v) is 30.4. The van der Waals surface area contributed by atoms with Crippen LogP contribution >= 0.6 is 17.2 Å². The highest BCUT2D eigenvalue weighted by Crippen LogP contribution is 2.43. The predicted molar refractivity (Wildman–Crippen MR) is 282 cm³/mol. The van der Waals surface area contributed by atoms with Crippen LogP contribution in [0.15, 0.2) is 24.3 Å². The van der Waals surface area contributed by atoms with Gasteiger partial charge in [0.1, 0.15) is 0 Å². The Morgan fingerprint density at radius 2 is 0.485 bits per heavy atom. The minimum Gasteiger partial charge on any atom is -0.390 e. The van der Waals surface area contributed by atoms with E-state index < -0.39 is 29.1 Å². The molecule has 0 atom stereocenters. The van der Waals surface area contributed by atoms with E-state index in [1.54, 1.807) is 24.3 Å². The van der Waals surface area contributed by atoms with Gasteiger partial charge in [-0.1, -0.05) is 271 Å². The molecular weight excluding hydrogens is 863 g/mol. The monoisotopic (exact) mass is 967 g/mol. The number of rotatable bonds is 52. The minimum atomic E-state index is -1.93. The van der Waals surface area contributed by atoms with Crippen LogP contribution in [0.1, 0.15) is 305 Å². The van der Waals surface area contributed by atoms with E-state index in [2.05, 4.69) is 27.7 Å². The van der Waals surface area contributed by atoms with Crippen molar-refractivity contribution in [3.8, 4) is 0 Å². The maximum absolute atomic E-state index is 13.8. The second-order valence-corrected chi connectivity index (χ2v) is 21.1. The topological polar surface area (TPSA) is 89.5 Å². The third-order valence-corrected chi connectivity index (χ3v) is 14.7. The zero-order valence-electron chi connectivity index (χ0n) is 43.6. The van der Waals surface area contributed by atoms with Gasteiger partial charge in [-0.15, -0.1) is 0 Å². The Morgan fingerprint density at radius 1 is 0.303 bits per heavy atom. The van der Waals surface area contributed by atoms with E-state index in [9.17, 15) is 9.59 Å². The molecule has 1 rings (SSSR count).